The van der Waals surface area contributed by atoms with E-state index >= 15 is 4.39 Å². The van der Waals surface area contributed by atoms with Crippen molar-refractivity contribution < 1.29 is 4.39 Å². The van der Waals surface area contributed by atoms with Crippen LogP contribution in [0.3, 0.4) is 0 Å². The fourth-order valence-corrected chi connectivity index (χ4v) is 3.72. The fraction of sp³-hybridized carbons (Fsp3) is 1.00. The van der Waals surface area contributed by atoms with E-state index < -0.39 is 5.67 Å². The molecular weight excluding hydrogens is 211 g/mol. The van der Waals surface area contributed by atoms with E-state index in [0.29, 0.717) is 17.8 Å². The molecule has 17 heavy (non-hydrogen) atoms. The van der Waals surface area contributed by atoms with Crippen molar-refractivity contribution in [3.05, 3.63) is 0 Å². The molecule has 1 heteroatoms. The summed E-state index contributed by atoms with van der Waals surface area (Å²) in [6, 6.07) is 0. The van der Waals surface area contributed by atoms with E-state index in [4.69, 9.17) is 0 Å². The average Bonchev–Trinajstić information content (AvgIpc) is 2.13. The van der Waals surface area contributed by atoms with E-state index in [0.717, 1.165) is 6.42 Å². The quantitative estimate of drug-likeness (QED) is 0.561. The van der Waals surface area contributed by atoms with Crippen molar-refractivity contribution >= 4 is 0 Å². The molecule has 0 nitrogen and oxygen atoms in total. The van der Waals surface area contributed by atoms with Gasteiger partial charge >= 0.3 is 0 Å². The fourth-order valence-electron chi connectivity index (χ4n) is 3.72. The van der Waals surface area contributed by atoms with Crippen LogP contribution < -0.4 is 0 Å². The Morgan fingerprint density at radius 2 is 1.24 bits per heavy atom. The lowest BCUT2D eigenvalue weighted by atomic mass is 9.57. The third kappa shape index (κ3) is 3.03. The number of alkyl halides is 1. The van der Waals surface area contributed by atoms with Crippen LogP contribution in [0.2, 0.25) is 0 Å². The van der Waals surface area contributed by atoms with Crippen LogP contribution >= 0.6 is 0 Å². The van der Waals surface area contributed by atoms with Crippen LogP contribution in [-0.2, 0) is 0 Å². The minimum Gasteiger partial charge on any atom is -0.243 e. The van der Waals surface area contributed by atoms with Gasteiger partial charge in [0.15, 0.2) is 0 Å². The second-order valence-electron chi connectivity index (χ2n) is 7.02. The lowest BCUT2D eigenvalue weighted by molar-refractivity contribution is -0.0935. The summed E-state index contributed by atoms with van der Waals surface area (Å²) >= 11 is 0. The highest BCUT2D eigenvalue weighted by atomic mass is 19.1. The molecule has 0 aliphatic rings. The molecule has 0 aliphatic carbocycles. The molecular formula is C16H33F. The number of rotatable bonds is 6. The van der Waals surface area contributed by atoms with Gasteiger partial charge in [0, 0.05) is 5.41 Å². The van der Waals surface area contributed by atoms with Crippen molar-refractivity contribution in [2.24, 2.45) is 29.1 Å². The standard InChI is InChI=1S/C16H33F/c1-10-15(8,13(6)7)16(9,17)14(11(2)3)12(4)5/h11-14H,10H2,1-9H3/t15?,16-/m1/s1. The van der Waals surface area contributed by atoms with Crippen LogP contribution in [0.5, 0.6) is 0 Å². The topological polar surface area (TPSA) is 0 Å². The summed E-state index contributed by atoms with van der Waals surface area (Å²) in [5.41, 5.74) is -1.36. The highest BCUT2D eigenvalue weighted by Crippen LogP contribution is 2.51. The van der Waals surface area contributed by atoms with Crippen molar-refractivity contribution in [2.75, 3.05) is 0 Å². The minimum absolute atomic E-state index is 0.120. The summed E-state index contributed by atoms with van der Waals surface area (Å²) in [7, 11) is 0. The van der Waals surface area contributed by atoms with E-state index in [2.05, 4.69) is 55.4 Å². The van der Waals surface area contributed by atoms with E-state index in [-0.39, 0.29) is 11.3 Å². The highest BCUT2D eigenvalue weighted by molar-refractivity contribution is 5.00. The average molecular weight is 244 g/mol. The molecule has 0 aliphatic heterocycles. The molecule has 0 saturated carbocycles. The minimum atomic E-state index is -1.11. The van der Waals surface area contributed by atoms with Crippen LogP contribution in [0.4, 0.5) is 4.39 Å². The van der Waals surface area contributed by atoms with Gasteiger partial charge in [-0.1, -0.05) is 55.4 Å². The molecule has 0 heterocycles. The van der Waals surface area contributed by atoms with Crippen LogP contribution in [0.1, 0.15) is 68.7 Å². The Bertz CT molecular complexity index is 220. The zero-order valence-corrected chi connectivity index (χ0v) is 13.4. The molecule has 0 radical (unpaired) electrons. The third-order valence-electron chi connectivity index (χ3n) is 5.19. The predicted octanol–water partition coefficient (Wildman–Crippen LogP) is 5.72. The van der Waals surface area contributed by atoms with Crippen molar-refractivity contribution in [3.63, 3.8) is 0 Å². The molecule has 104 valence electrons. The Kier molecular flexibility index (Phi) is 5.69. The molecule has 0 amide bonds. The maximum Gasteiger partial charge on any atom is 0.117 e. The summed E-state index contributed by atoms with van der Waals surface area (Å²) in [5.74, 6) is 1.25. The number of halogens is 1. The molecule has 0 bridgehead atoms. The second kappa shape index (κ2) is 5.71. The summed E-state index contributed by atoms with van der Waals surface area (Å²) in [5, 5.41) is 0. The van der Waals surface area contributed by atoms with Gasteiger partial charge in [-0.05, 0) is 37.0 Å². The molecule has 0 spiro atoms. The smallest absolute Gasteiger partial charge is 0.117 e. The molecule has 0 saturated heterocycles. The predicted molar refractivity (Wildman–Crippen MR) is 75.9 cm³/mol. The Morgan fingerprint density at radius 1 is 0.882 bits per heavy atom. The molecule has 0 rings (SSSR count). The van der Waals surface area contributed by atoms with Gasteiger partial charge in [-0.15, -0.1) is 0 Å². The largest absolute Gasteiger partial charge is 0.243 e. The summed E-state index contributed by atoms with van der Waals surface area (Å²) in [6.07, 6.45) is 0.896. The first kappa shape index (κ1) is 16.9. The molecule has 0 N–H and O–H groups in total. The van der Waals surface area contributed by atoms with Gasteiger partial charge in [0.05, 0.1) is 0 Å². The van der Waals surface area contributed by atoms with E-state index in [9.17, 15) is 0 Å². The van der Waals surface area contributed by atoms with E-state index in [1.165, 1.54) is 0 Å². The van der Waals surface area contributed by atoms with Crippen molar-refractivity contribution in [2.45, 2.75) is 74.4 Å². The van der Waals surface area contributed by atoms with Gasteiger partial charge in [0.25, 0.3) is 0 Å². The first-order valence-electron chi connectivity index (χ1n) is 7.21. The molecule has 0 aromatic carbocycles. The molecule has 0 aromatic rings. The molecule has 1 unspecified atom stereocenters. The second-order valence-corrected chi connectivity index (χ2v) is 7.02. The van der Waals surface area contributed by atoms with Crippen LogP contribution in [0.15, 0.2) is 0 Å². The Labute approximate surface area is 108 Å². The van der Waals surface area contributed by atoms with Crippen molar-refractivity contribution in [1.82, 2.24) is 0 Å². The van der Waals surface area contributed by atoms with E-state index in [1.807, 2.05) is 6.92 Å². The van der Waals surface area contributed by atoms with Crippen molar-refractivity contribution in [3.8, 4) is 0 Å². The first-order chi connectivity index (χ1) is 7.52. The van der Waals surface area contributed by atoms with Crippen LogP contribution in [0, 0.1) is 29.1 Å². The van der Waals surface area contributed by atoms with Crippen molar-refractivity contribution in [1.29, 1.82) is 0 Å². The Balaban J connectivity index is 5.46. The maximum absolute atomic E-state index is 15.6. The maximum atomic E-state index is 15.6. The third-order valence-corrected chi connectivity index (χ3v) is 5.19. The van der Waals surface area contributed by atoms with Gasteiger partial charge in [-0.3, -0.25) is 0 Å². The lowest BCUT2D eigenvalue weighted by Crippen LogP contribution is -2.52. The number of hydrogen-bond acceptors (Lipinski definition) is 0. The molecule has 0 aromatic heterocycles. The lowest BCUT2D eigenvalue weighted by Gasteiger charge is -2.50. The van der Waals surface area contributed by atoms with E-state index in [1.54, 1.807) is 0 Å². The zero-order chi connectivity index (χ0) is 14.0. The summed E-state index contributed by atoms with van der Waals surface area (Å²) in [6.45, 7) is 19.0. The molecule has 0 fully saturated rings. The van der Waals surface area contributed by atoms with Gasteiger partial charge in [-0.2, -0.15) is 0 Å². The summed E-state index contributed by atoms with van der Waals surface area (Å²) in [4.78, 5) is 0. The first-order valence-corrected chi connectivity index (χ1v) is 7.21. The monoisotopic (exact) mass is 244 g/mol. The van der Waals surface area contributed by atoms with Crippen LogP contribution in [-0.4, -0.2) is 5.67 Å². The van der Waals surface area contributed by atoms with Gasteiger partial charge in [-0.25, -0.2) is 4.39 Å². The van der Waals surface area contributed by atoms with Gasteiger partial charge < -0.3 is 0 Å². The van der Waals surface area contributed by atoms with Crippen LogP contribution in [0.25, 0.3) is 0 Å². The van der Waals surface area contributed by atoms with Gasteiger partial charge in [0.1, 0.15) is 5.67 Å². The Morgan fingerprint density at radius 3 is 1.41 bits per heavy atom. The zero-order valence-electron chi connectivity index (χ0n) is 13.4. The number of hydrogen-bond donors (Lipinski definition) is 0. The van der Waals surface area contributed by atoms with Gasteiger partial charge in [0.2, 0.25) is 0 Å². The normalized spacial score (nSPS) is 20.1. The highest BCUT2D eigenvalue weighted by Gasteiger charge is 2.52. The summed E-state index contributed by atoms with van der Waals surface area (Å²) < 4.78 is 15.6. The molecule has 2 atom stereocenters. The Hall–Kier alpha value is -0.0700. The SMILES string of the molecule is CCC(C)(C(C)C)[C@](C)(F)C(C(C)C)C(C)C.